The van der Waals surface area contributed by atoms with Crippen molar-refractivity contribution < 1.29 is 6.48 Å². The zero-order valence-corrected chi connectivity index (χ0v) is 22.3. The van der Waals surface area contributed by atoms with Gasteiger partial charge in [-0.15, -0.1) is 5.10 Å². The van der Waals surface area contributed by atoms with Gasteiger partial charge in [-0.3, -0.25) is 9.97 Å². The van der Waals surface area contributed by atoms with Crippen LogP contribution in [0.25, 0.3) is 10.9 Å². The minimum atomic E-state index is -1.53. The van der Waals surface area contributed by atoms with E-state index in [1.165, 1.54) is 6.20 Å². The lowest BCUT2D eigenvalue weighted by Crippen LogP contribution is -2.15. The van der Waals surface area contributed by atoms with Crippen molar-refractivity contribution in [1.29, 1.82) is 5.26 Å². The number of nitriles is 1. The van der Waals surface area contributed by atoms with Gasteiger partial charge in [-0.2, -0.15) is 5.26 Å². The number of fused-ring (bicyclic) bond motifs is 1. The lowest BCUT2D eigenvalue weighted by Gasteiger charge is -2.23. The first kappa shape index (κ1) is 24.5. The summed E-state index contributed by atoms with van der Waals surface area (Å²) in [7, 11) is 0. The number of aliphatic hydroxyl groups excluding tert-OH is 1. The molecule has 0 amide bonds. The molecule has 0 bridgehead atoms. The number of aliphatic hydroxyl groups is 1. The van der Waals surface area contributed by atoms with Crippen molar-refractivity contribution in [2.24, 2.45) is 0 Å². The fraction of sp³-hybridized carbons (Fsp3) is 0.233. The van der Waals surface area contributed by atoms with Gasteiger partial charge in [0, 0.05) is 36.3 Å². The van der Waals surface area contributed by atoms with Gasteiger partial charge in [0.2, 0.25) is 0 Å². The van der Waals surface area contributed by atoms with Crippen LogP contribution in [0, 0.1) is 11.3 Å². The molecule has 6 rings (SSSR count). The Hall–Kier alpha value is -4.52. The van der Waals surface area contributed by atoms with Crippen LogP contribution in [0.2, 0.25) is 5.02 Å². The third-order valence-electron chi connectivity index (χ3n) is 6.89. The van der Waals surface area contributed by atoms with Crippen molar-refractivity contribution in [3.05, 3.63) is 107 Å². The number of nitrogens with zero attached hydrogens (tertiary/aromatic N) is 6. The molecular formula is C30H27ClN8O. The predicted octanol–water partition coefficient (Wildman–Crippen LogP) is 5.82. The van der Waals surface area contributed by atoms with Gasteiger partial charge in [0.05, 0.1) is 47.5 Å². The number of rotatable bonds is 10. The summed E-state index contributed by atoms with van der Waals surface area (Å²) in [5.74, 6) is 0. The number of hydrogen-bond donors (Lipinski definition) is 3. The van der Waals surface area contributed by atoms with Crippen molar-refractivity contribution in [3.8, 4) is 6.07 Å². The fourth-order valence-electron chi connectivity index (χ4n) is 4.73. The van der Waals surface area contributed by atoms with Crippen LogP contribution in [0.5, 0.6) is 0 Å². The Bertz CT molecular complexity index is 1720. The van der Waals surface area contributed by atoms with Crippen LogP contribution in [0.15, 0.2) is 79.4 Å². The predicted molar refractivity (Wildman–Crippen MR) is 154 cm³/mol. The van der Waals surface area contributed by atoms with E-state index in [0.717, 1.165) is 18.4 Å². The standard InChI is InChI=1S/C30H27ClN8O/c31-25-14-22(35-29(20-7-4-11-33-16-20)27-18-39(38-37-27)23-8-9-23)13-24-28(21(15-32)17-34-30(24)25)36-26(10-12-40)19-5-2-1-3-6-19/h1-7,11,13-14,16-18,23,26,29,35,40H,8-10,12H2,(H,34,36)/t26-,29?/m1/s1/i29D. The smallest absolute Gasteiger partial charge is 0.110 e. The molecule has 0 radical (unpaired) electrons. The normalized spacial score (nSPS) is 15.6. The summed E-state index contributed by atoms with van der Waals surface area (Å²) >= 11 is 6.76. The summed E-state index contributed by atoms with van der Waals surface area (Å²) < 4.78 is 11.4. The van der Waals surface area contributed by atoms with E-state index in [4.69, 9.17) is 11.6 Å². The van der Waals surface area contributed by atoms with Gasteiger partial charge in [-0.05, 0) is 48.6 Å². The first-order valence-corrected chi connectivity index (χ1v) is 13.4. The van der Waals surface area contributed by atoms with Gasteiger partial charge in [0.25, 0.3) is 0 Å². The number of hydrogen-bond acceptors (Lipinski definition) is 8. The van der Waals surface area contributed by atoms with Gasteiger partial charge >= 0.3 is 0 Å². The average molecular weight is 552 g/mol. The molecule has 2 atom stereocenters. The minimum Gasteiger partial charge on any atom is -0.396 e. The molecule has 1 fully saturated rings. The molecule has 1 aliphatic rings. The molecule has 1 aliphatic carbocycles. The monoisotopic (exact) mass is 551 g/mol. The van der Waals surface area contributed by atoms with E-state index in [2.05, 4.69) is 37.0 Å². The maximum Gasteiger partial charge on any atom is 0.110 e. The lowest BCUT2D eigenvalue weighted by atomic mass is 10.0. The quantitative estimate of drug-likeness (QED) is 0.198. The van der Waals surface area contributed by atoms with Crippen LogP contribution in [-0.4, -0.2) is 36.7 Å². The number of nitrogens with one attached hydrogen (secondary N) is 2. The first-order valence-electron chi connectivity index (χ1n) is 13.6. The van der Waals surface area contributed by atoms with E-state index in [1.54, 1.807) is 35.4 Å². The first-order chi connectivity index (χ1) is 20.0. The molecule has 9 nitrogen and oxygen atoms in total. The number of aromatic nitrogens is 5. The van der Waals surface area contributed by atoms with E-state index < -0.39 is 6.02 Å². The third kappa shape index (κ3) is 5.32. The summed E-state index contributed by atoms with van der Waals surface area (Å²) in [5.41, 5.74) is 3.88. The largest absolute Gasteiger partial charge is 0.396 e. The maximum atomic E-state index is 9.98. The Kier molecular flexibility index (Phi) is 6.93. The molecule has 3 N–H and O–H groups in total. The number of benzene rings is 2. The van der Waals surface area contributed by atoms with E-state index in [0.29, 0.717) is 56.6 Å². The molecule has 0 aliphatic heterocycles. The highest BCUT2D eigenvalue weighted by molar-refractivity contribution is 6.35. The van der Waals surface area contributed by atoms with Gasteiger partial charge in [-0.1, -0.05) is 53.2 Å². The van der Waals surface area contributed by atoms with Crippen molar-refractivity contribution in [2.45, 2.75) is 37.4 Å². The molecular weight excluding hydrogens is 524 g/mol. The molecule has 1 saturated carbocycles. The maximum absolute atomic E-state index is 9.98. The van der Waals surface area contributed by atoms with Crippen molar-refractivity contribution in [3.63, 3.8) is 0 Å². The lowest BCUT2D eigenvalue weighted by molar-refractivity contribution is 0.280. The Morgan fingerprint density at radius 2 is 1.95 bits per heavy atom. The summed E-state index contributed by atoms with van der Waals surface area (Å²) in [6.07, 6.45) is 9.08. The molecule has 40 heavy (non-hydrogen) atoms. The molecule has 200 valence electrons. The Labute approximate surface area is 237 Å². The molecule has 0 spiro atoms. The van der Waals surface area contributed by atoms with Crippen molar-refractivity contribution in [1.82, 2.24) is 25.0 Å². The van der Waals surface area contributed by atoms with Gasteiger partial charge in [0.1, 0.15) is 11.8 Å². The highest BCUT2D eigenvalue weighted by atomic mass is 35.5. The topological polar surface area (TPSA) is 125 Å². The zero-order chi connectivity index (χ0) is 28.4. The Balaban J connectivity index is 1.45. The molecule has 10 heteroatoms. The molecule has 3 heterocycles. The molecule has 2 aromatic carbocycles. The molecule has 1 unspecified atom stereocenters. The van der Waals surface area contributed by atoms with Gasteiger partial charge in [-0.25, -0.2) is 4.68 Å². The molecule has 3 aromatic heterocycles. The van der Waals surface area contributed by atoms with E-state index >= 15 is 0 Å². The van der Waals surface area contributed by atoms with E-state index in [-0.39, 0.29) is 12.6 Å². The van der Waals surface area contributed by atoms with E-state index in [9.17, 15) is 11.7 Å². The third-order valence-corrected chi connectivity index (χ3v) is 7.18. The van der Waals surface area contributed by atoms with Crippen LogP contribution in [0.1, 0.15) is 61.1 Å². The zero-order valence-electron chi connectivity index (χ0n) is 22.5. The Morgan fingerprint density at radius 3 is 2.67 bits per heavy atom. The highest BCUT2D eigenvalue weighted by Crippen LogP contribution is 2.38. The van der Waals surface area contributed by atoms with Crippen LogP contribution < -0.4 is 10.6 Å². The summed E-state index contributed by atoms with van der Waals surface area (Å²) in [5, 5.41) is 36.2. The van der Waals surface area contributed by atoms with Crippen LogP contribution >= 0.6 is 11.6 Å². The van der Waals surface area contributed by atoms with Crippen LogP contribution in [-0.2, 0) is 0 Å². The fourth-order valence-corrected chi connectivity index (χ4v) is 5.00. The molecule has 0 saturated heterocycles. The van der Waals surface area contributed by atoms with Crippen LogP contribution in [0.3, 0.4) is 0 Å². The molecule has 5 aromatic rings. The van der Waals surface area contributed by atoms with Crippen molar-refractivity contribution in [2.75, 3.05) is 17.2 Å². The second kappa shape index (κ2) is 11.3. The SMILES string of the molecule is [2H]C(Nc1cc(Cl)c2ncc(C#N)c(N[C@H](CCO)c3ccccc3)c2c1)(c1cccnc1)c1cn(C2CC2)nn1. The second-order valence-corrected chi connectivity index (χ2v) is 10.1. The van der Waals surface area contributed by atoms with Crippen molar-refractivity contribution >= 4 is 33.9 Å². The number of anilines is 2. The van der Waals surface area contributed by atoms with E-state index in [1.807, 2.05) is 42.5 Å². The second-order valence-electron chi connectivity index (χ2n) is 9.69. The Morgan fingerprint density at radius 1 is 1.12 bits per heavy atom. The summed E-state index contributed by atoms with van der Waals surface area (Å²) in [6.45, 7) is -0.0426. The summed E-state index contributed by atoms with van der Waals surface area (Å²) in [6, 6.07) is 17.6. The number of pyridine rings is 2. The van der Waals surface area contributed by atoms with Crippen LogP contribution in [0.4, 0.5) is 11.4 Å². The van der Waals surface area contributed by atoms with Gasteiger partial charge in [0.15, 0.2) is 0 Å². The number of halogens is 1. The van der Waals surface area contributed by atoms with Gasteiger partial charge < -0.3 is 15.7 Å². The highest BCUT2D eigenvalue weighted by Gasteiger charge is 2.27. The average Bonchev–Trinajstić information content (AvgIpc) is 3.73. The minimum absolute atomic E-state index is 0.0426. The summed E-state index contributed by atoms with van der Waals surface area (Å²) in [4.78, 5) is 8.71.